The van der Waals surface area contributed by atoms with Gasteiger partial charge in [0.25, 0.3) is 0 Å². The number of hydrogen-bond donors (Lipinski definition) is 0. The molecule has 2 aliphatic rings. The van der Waals surface area contributed by atoms with Gasteiger partial charge in [0.05, 0.1) is 0 Å². The number of aryl methyl sites for hydroxylation is 1. The molecule has 0 amide bonds. The second kappa shape index (κ2) is 7.82. The number of allylic oxidation sites excluding steroid dienone is 3. The molecule has 1 aromatic rings. The summed E-state index contributed by atoms with van der Waals surface area (Å²) in [5.41, 5.74) is 6.47. The maximum Gasteiger partial charge on any atom is 0.128 e. The van der Waals surface area contributed by atoms with Crippen molar-refractivity contribution in [3.63, 3.8) is 0 Å². The summed E-state index contributed by atoms with van der Waals surface area (Å²) in [5.74, 6) is 0.988. The first-order valence-electron chi connectivity index (χ1n) is 11.4. The van der Waals surface area contributed by atoms with Crippen molar-refractivity contribution in [1.29, 1.82) is 0 Å². The molecule has 158 valence electrons. The van der Waals surface area contributed by atoms with Crippen LogP contribution in [0.2, 0.25) is 0 Å². The molecule has 0 saturated heterocycles. The van der Waals surface area contributed by atoms with Gasteiger partial charge < -0.3 is 4.74 Å². The summed E-state index contributed by atoms with van der Waals surface area (Å²) in [6.45, 7) is 20.4. The highest BCUT2D eigenvalue weighted by Gasteiger charge is 2.39. The van der Waals surface area contributed by atoms with Crippen molar-refractivity contribution in [3.05, 3.63) is 53.1 Å². The molecule has 1 unspecified atom stereocenters. The Morgan fingerprint density at radius 2 is 1.76 bits per heavy atom. The molecule has 1 nitrogen and oxygen atoms in total. The van der Waals surface area contributed by atoms with Gasteiger partial charge in [0.1, 0.15) is 11.4 Å². The molecule has 0 N–H and O–H groups in total. The molecule has 1 atom stereocenters. The number of hydrogen-bond acceptors (Lipinski definition) is 1. The number of unbranched alkanes of at least 4 members (excludes halogenated alkanes) is 3. The lowest BCUT2D eigenvalue weighted by atomic mass is 9.61. The van der Waals surface area contributed by atoms with Crippen molar-refractivity contribution in [1.82, 2.24) is 0 Å². The molecule has 0 spiro atoms. The Bertz CT molecular complexity index is 849. The van der Waals surface area contributed by atoms with E-state index in [-0.39, 0.29) is 16.4 Å². The third-order valence-electron chi connectivity index (χ3n) is 6.77. The number of ether oxygens (including phenoxy) is 1. The second-order valence-corrected chi connectivity index (χ2v) is 10.8. The quantitative estimate of drug-likeness (QED) is 0.441. The smallest absolute Gasteiger partial charge is 0.128 e. The Labute approximate surface area is 178 Å². The van der Waals surface area contributed by atoms with Crippen molar-refractivity contribution in [3.8, 4) is 5.75 Å². The Morgan fingerprint density at radius 3 is 2.45 bits per heavy atom. The Balaban J connectivity index is 2.00. The van der Waals surface area contributed by atoms with Crippen molar-refractivity contribution in [2.24, 2.45) is 10.8 Å². The van der Waals surface area contributed by atoms with E-state index in [1.807, 2.05) is 0 Å². The standard InChI is InChI=1S/C28H40O/c1-9-10-11-12-14-28(8)18-24(21(3)26(4,5)19-28)23-17-22-13-15-27(6,7)29-25(22)16-20(23)2/h13,15-18H,3,9-12,14,19H2,1-2,4-8H3. The third kappa shape index (κ3) is 4.71. The van der Waals surface area contributed by atoms with E-state index in [1.165, 1.54) is 66.4 Å². The fourth-order valence-corrected chi connectivity index (χ4v) is 5.14. The van der Waals surface area contributed by atoms with Crippen LogP contribution in [0.4, 0.5) is 0 Å². The summed E-state index contributed by atoms with van der Waals surface area (Å²) in [6.07, 6.45) is 14.6. The first-order valence-corrected chi connectivity index (χ1v) is 11.4. The van der Waals surface area contributed by atoms with Gasteiger partial charge in [-0.25, -0.2) is 0 Å². The van der Waals surface area contributed by atoms with Crippen LogP contribution < -0.4 is 4.74 Å². The highest BCUT2D eigenvalue weighted by Crippen LogP contribution is 2.53. The summed E-state index contributed by atoms with van der Waals surface area (Å²) in [4.78, 5) is 0. The molecule has 1 aliphatic heterocycles. The number of rotatable bonds is 6. The van der Waals surface area contributed by atoms with Crippen molar-refractivity contribution >= 4 is 11.6 Å². The molecule has 29 heavy (non-hydrogen) atoms. The molecule has 0 bridgehead atoms. The zero-order valence-electron chi connectivity index (χ0n) is 19.7. The van der Waals surface area contributed by atoms with E-state index in [4.69, 9.17) is 4.74 Å². The minimum atomic E-state index is -0.242. The van der Waals surface area contributed by atoms with Crippen molar-refractivity contribution < 1.29 is 4.74 Å². The maximum atomic E-state index is 6.20. The monoisotopic (exact) mass is 392 g/mol. The lowest BCUT2D eigenvalue weighted by Gasteiger charge is -2.44. The van der Waals surface area contributed by atoms with Gasteiger partial charge in [-0.1, -0.05) is 72.1 Å². The second-order valence-electron chi connectivity index (χ2n) is 10.8. The summed E-state index contributed by atoms with van der Waals surface area (Å²) in [7, 11) is 0. The molecule has 0 radical (unpaired) electrons. The summed E-state index contributed by atoms with van der Waals surface area (Å²) in [5, 5.41) is 0. The predicted molar refractivity (Wildman–Crippen MR) is 127 cm³/mol. The molecule has 1 aliphatic carbocycles. The van der Waals surface area contributed by atoms with Gasteiger partial charge in [0, 0.05) is 5.56 Å². The summed E-state index contributed by atoms with van der Waals surface area (Å²) in [6, 6.07) is 4.52. The van der Waals surface area contributed by atoms with E-state index >= 15 is 0 Å². The number of benzene rings is 1. The highest BCUT2D eigenvalue weighted by atomic mass is 16.5. The fourth-order valence-electron chi connectivity index (χ4n) is 5.14. The van der Waals surface area contributed by atoms with Crippen LogP contribution in [0.5, 0.6) is 5.75 Å². The van der Waals surface area contributed by atoms with Gasteiger partial charge in [-0.3, -0.25) is 0 Å². The summed E-state index contributed by atoms with van der Waals surface area (Å²) >= 11 is 0. The van der Waals surface area contributed by atoms with Gasteiger partial charge in [0.2, 0.25) is 0 Å². The predicted octanol–water partition coefficient (Wildman–Crippen LogP) is 8.53. The zero-order chi connectivity index (χ0) is 21.4. The van der Waals surface area contributed by atoms with Crippen LogP contribution in [0.15, 0.2) is 36.4 Å². The molecular weight excluding hydrogens is 352 g/mol. The van der Waals surface area contributed by atoms with Crippen LogP contribution in [0.1, 0.15) is 96.8 Å². The van der Waals surface area contributed by atoms with Crippen molar-refractivity contribution in [2.75, 3.05) is 0 Å². The first kappa shape index (κ1) is 21.9. The fraction of sp³-hybridized carbons (Fsp3) is 0.571. The third-order valence-corrected chi connectivity index (χ3v) is 6.77. The van der Waals surface area contributed by atoms with Crippen molar-refractivity contribution in [2.45, 2.75) is 92.6 Å². The van der Waals surface area contributed by atoms with Crippen LogP contribution in [-0.2, 0) is 0 Å². The van der Waals surface area contributed by atoms with Crippen LogP contribution >= 0.6 is 0 Å². The Hall–Kier alpha value is -1.76. The van der Waals surface area contributed by atoms with E-state index < -0.39 is 0 Å². The minimum absolute atomic E-state index is 0.111. The molecule has 1 heterocycles. The van der Waals surface area contributed by atoms with E-state index in [1.54, 1.807) is 0 Å². The molecule has 3 rings (SSSR count). The summed E-state index contributed by atoms with van der Waals surface area (Å²) < 4.78 is 6.20. The maximum absolute atomic E-state index is 6.20. The van der Waals surface area contributed by atoms with Gasteiger partial charge in [-0.2, -0.15) is 0 Å². The van der Waals surface area contributed by atoms with E-state index in [0.717, 1.165) is 5.75 Å². The molecule has 0 aromatic heterocycles. The van der Waals surface area contributed by atoms with Gasteiger partial charge in [-0.05, 0) is 84.9 Å². The van der Waals surface area contributed by atoms with Gasteiger partial charge in [-0.15, -0.1) is 0 Å². The highest BCUT2D eigenvalue weighted by molar-refractivity contribution is 5.84. The minimum Gasteiger partial charge on any atom is -0.483 e. The lowest BCUT2D eigenvalue weighted by Crippen LogP contribution is -2.31. The SMILES string of the molecule is C=C1C(c2cc3c(cc2C)OC(C)(C)C=C3)=CC(C)(CCCCCC)CC1(C)C. The van der Waals surface area contributed by atoms with Gasteiger partial charge >= 0.3 is 0 Å². The Kier molecular flexibility index (Phi) is 5.91. The van der Waals surface area contributed by atoms with Crippen LogP contribution in [0.3, 0.4) is 0 Å². The topological polar surface area (TPSA) is 9.23 Å². The van der Waals surface area contributed by atoms with E-state index in [2.05, 4.69) is 85.4 Å². The molecule has 0 fully saturated rings. The van der Waals surface area contributed by atoms with Crippen LogP contribution in [0.25, 0.3) is 11.6 Å². The zero-order valence-corrected chi connectivity index (χ0v) is 19.7. The largest absolute Gasteiger partial charge is 0.483 e. The molecule has 0 saturated carbocycles. The average molecular weight is 393 g/mol. The Morgan fingerprint density at radius 1 is 1.03 bits per heavy atom. The molecule has 1 heteroatoms. The normalized spacial score (nSPS) is 24.7. The van der Waals surface area contributed by atoms with Crippen LogP contribution in [0, 0.1) is 17.8 Å². The van der Waals surface area contributed by atoms with E-state index in [9.17, 15) is 0 Å². The van der Waals surface area contributed by atoms with Crippen LogP contribution in [-0.4, -0.2) is 5.60 Å². The van der Waals surface area contributed by atoms with Gasteiger partial charge in [0.15, 0.2) is 0 Å². The number of fused-ring (bicyclic) bond motifs is 1. The first-order chi connectivity index (χ1) is 13.5. The molecule has 1 aromatic carbocycles. The average Bonchev–Trinajstić information content (AvgIpc) is 2.60. The van der Waals surface area contributed by atoms with E-state index in [0.29, 0.717) is 0 Å². The molecular formula is C28H40O. The lowest BCUT2D eigenvalue weighted by molar-refractivity contribution is 0.159.